The molecule has 5 nitrogen and oxygen atoms in total. The third-order valence-electron chi connectivity index (χ3n) is 2.65. The van der Waals surface area contributed by atoms with Crippen LogP contribution in [0.5, 0.6) is 0 Å². The summed E-state index contributed by atoms with van der Waals surface area (Å²) in [5.41, 5.74) is 0.835. The van der Waals surface area contributed by atoms with Gasteiger partial charge in [-0.25, -0.2) is 8.42 Å². The van der Waals surface area contributed by atoms with Crippen LogP contribution in [0.1, 0.15) is 18.4 Å². The molecule has 1 aromatic carbocycles. The molecule has 0 aromatic heterocycles. The Morgan fingerprint density at radius 1 is 1.21 bits per heavy atom. The summed E-state index contributed by atoms with van der Waals surface area (Å²) in [5.74, 6) is -0.434. The average molecular weight is 284 g/mol. The molecule has 0 unspecified atom stereocenters. The lowest BCUT2D eigenvalue weighted by atomic mass is 10.1. The third-order valence-corrected chi connectivity index (χ3v) is 4.36. The van der Waals surface area contributed by atoms with Crippen molar-refractivity contribution in [1.82, 2.24) is 0 Å². The van der Waals surface area contributed by atoms with E-state index in [1.807, 2.05) is 0 Å². The summed E-state index contributed by atoms with van der Waals surface area (Å²) >= 11 is 0. The van der Waals surface area contributed by atoms with Crippen molar-refractivity contribution in [2.45, 2.75) is 24.2 Å². The lowest BCUT2D eigenvalue weighted by Crippen LogP contribution is -2.10. The first-order chi connectivity index (χ1) is 8.99. The van der Waals surface area contributed by atoms with E-state index >= 15 is 0 Å². The second-order valence-corrected chi connectivity index (χ2v) is 6.21. The van der Waals surface area contributed by atoms with Crippen LogP contribution >= 0.6 is 0 Å². The van der Waals surface area contributed by atoms with Gasteiger partial charge in [0, 0.05) is 6.42 Å². The maximum atomic E-state index is 11.6. The molecule has 0 aliphatic heterocycles. The van der Waals surface area contributed by atoms with Crippen LogP contribution in [0.25, 0.3) is 0 Å². The Bertz CT molecular complexity index is 531. The average Bonchev–Trinajstić information content (AvgIpc) is 2.37. The Labute approximate surface area is 112 Å². The second kappa shape index (κ2) is 7.16. The van der Waals surface area contributed by atoms with Crippen LogP contribution < -0.4 is 0 Å². The van der Waals surface area contributed by atoms with E-state index in [0.29, 0.717) is 12.7 Å². The zero-order chi connectivity index (χ0) is 14.3. The Hall–Kier alpha value is -1.53. The molecule has 0 fully saturated rings. The first-order valence-electron chi connectivity index (χ1n) is 5.87. The largest absolute Gasteiger partial charge is 0.395 e. The van der Waals surface area contributed by atoms with E-state index in [4.69, 9.17) is 5.11 Å². The molecule has 104 valence electrons. The highest BCUT2D eigenvalue weighted by Crippen LogP contribution is 2.13. The molecular weight excluding hydrogens is 268 g/mol. The molecule has 0 saturated heterocycles. The molecule has 19 heavy (non-hydrogen) atoms. The fourth-order valence-electron chi connectivity index (χ4n) is 1.58. The lowest BCUT2D eigenvalue weighted by molar-refractivity contribution is -0.122. The summed E-state index contributed by atoms with van der Waals surface area (Å²) < 4.78 is 23.3. The van der Waals surface area contributed by atoms with Gasteiger partial charge in [0.05, 0.1) is 23.7 Å². The van der Waals surface area contributed by atoms with E-state index in [1.165, 1.54) is 12.1 Å². The van der Waals surface area contributed by atoms with Gasteiger partial charge in [-0.1, -0.05) is 12.1 Å². The minimum absolute atomic E-state index is 0.0804. The molecule has 1 rings (SSSR count). The lowest BCUT2D eigenvalue weighted by Gasteiger charge is -2.04. The van der Waals surface area contributed by atoms with Crippen molar-refractivity contribution >= 4 is 21.9 Å². The minimum atomic E-state index is -3.43. The molecular formula is C13H16O5S. The Balaban J connectivity index is 2.67. The summed E-state index contributed by atoms with van der Waals surface area (Å²) in [6.45, 7) is -0.412. The van der Waals surface area contributed by atoms with Crippen molar-refractivity contribution in [2.24, 2.45) is 0 Å². The van der Waals surface area contributed by atoms with E-state index in [-0.39, 0.29) is 29.3 Å². The predicted molar refractivity (Wildman–Crippen MR) is 69.6 cm³/mol. The van der Waals surface area contributed by atoms with Crippen LogP contribution in [-0.2, 0) is 25.8 Å². The molecule has 0 spiro atoms. The molecule has 0 radical (unpaired) electrons. The predicted octanol–water partition coefficient (Wildman–Crippen LogP) is 0.543. The Kier molecular flexibility index (Phi) is 5.85. The number of rotatable bonds is 8. The number of hydrogen-bond acceptors (Lipinski definition) is 5. The number of aliphatic hydroxyl groups is 1. The topological polar surface area (TPSA) is 88.5 Å². The van der Waals surface area contributed by atoms with Gasteiger partial charge < -0.3 is 9.90 Å². The standard InChI is InChI=1S/C13H16O5S/c14-8-7-12(16)4-1-11-2-5-13(6-3-11)19(17,18)10-9-15/h2-3,5-6,8,15H,1,4,7,9-10H2. The van der Waals surface area contributed by atoms with Crippen LogP contribution in [-0.4, -0.2) is 38.0 Å². The molecule has 0 aliphatic carbocycles. The number of sulfone groups is 1. The van der Waals surface area contributed by atoms with Crippen molar-refractivity contribution in [1.29, 1.82) is 0 Å². The Morgan fingerprint density at radius 2 is 1.84 bits per heavy atom. The molecule has 0 saturated carbocycles. The molecule has 0 bridgehead atoms. The summed E-state index contributed by atoms with van der Waals surface area (Å²) in [7, 11) is -3.43. The molecule has 6 heteroatoms. The highest BCUT2D eigenvalue weighted by Gasteiger charge is 2.13. The van der Waals surface area contributed by atoms with Gasteiger partial charge in [-0.15, -0.1) is 0 Å². The Morgan fingerprint density at radius 3 is 2.37 bits per heavy atom. The highest BCUT2D eigenvalue weighted by molar-refractivity contribution is 7.91. The van der Waals surface area contributed by atoms with Crippen molar-refractivity contribution in [2.75, 3.05) is 12.4 Å². The summed E-state index contributed by atoms with van der Waals surface area (Å²) in [6.07, 6.45) is 1.24. The van der Waals surface area contributed by atoms with Gasteiger partial charge in [0.1, 0.15) is 12.1 Å². The maximum absolute atomic E-state index is 11.6. The number of Topliss-reactive ketones (excluding diaryl/α,β-unsaturated/α-hetero) is 1. The van der Waals surface area contributed by atoms with Crippen LogP contribution in [0.2, 0.25) is 0 Å². The maximum Gasteiger partial charge on any atom is 0.180 e. The fourth-order valence-corrected chi connectivity index (χ4v) is 2.61. The number of aldehydes is 1. The van der Waals surface area contributed by atoms with Crippen molar-refractivity contribution < 1.29 is 23.1 Å². The van der Waals surface area contributed by atoms with E-state index in [2.05, 4.69) is 0 Å². The zero-order valence-corrected chi connectivity index (χ0v) is 11.2. The van der Waals surface area contributed by atoms with Gasteiger partial charge in [-0.3, -0.25) is 4.79 Å². The van der Waals surface area contributed by atoms with Crippen LogP contribution in [0.15, 0.2) is 29.2 Å². The fraction of sp³-hybridized carbons (Fsp3) is 0.385. The summed E-state index contributed by atoms with van der Waals surface area (Å²) in [5, 5.41) is 8.67. The second-order valence-electron chi connectivity index (χ2n) is 4.10. The third kappa shape index (κ3) is 4.92. The smallest absolute Gasteiger partial charge is 0.180 e. The van der Waals surface area contributed by atoms with Gasteiger partial charge in [-0.05, 0) is 24.1 Å². The van der Waals surface area contributed by atoms with Crippen molar-refractivity contribution in [3.63, 3.8) is 0 Å². The number of ketones is 1. The van der Waals surface area contributed by atoms with E-state index in [9.17, 15) is 18.0 Å². The SMILES string of the molecule is O=CCC(=O)CCc1ccc(S(=O)(=O)CCO)cc1. The normalized spacial score (nSPS) is 11.2. The number of carbonyl (C=O) groups excluding carboxylic acids is 2. The molecule has 0 heterocycles. The molecule has 0 atom stereocenters. The van der Waals surface area contributed by atoms with Gasteiger partial charge in [0.15, 0.2) is 9.84 Å². The molecule has 0 amide bonds. The van der Waals surface area contributed by atoms with E-state index in [0.717, 1.165) is 5.56 Å². The number of benzene rings is 1. The highest BCUT2D eigenvalue weighted by atomic mass is 32.2. The molecule has 1 aromatic rings. The number of carbonyl (C=O) groups is 2. The number of hydrogen-bond donors (Lipinski definition) is 1. The summed E-state index contributed by atoms with van der Waals surface area (Å²) in [6, 6.07) is 6.20. The van der Waals surface area contributed by atoms with Gasteiger partial charge in [0.2, 0.25) is 0 Å². The van der Waals surface area contributed by atoms with Gasteiger partial charge in [0.25, 0.3) is 0 Å². The van der Waals surface area contributed by atoms with Crippen LogP contribution in [0.4, 0.5) is 0 Å². The monoisotopic (exact) mass is 284 g/mol. The first-order valence-corrected chi connectivity index (χ1v) is 7.52. The van der Waals surface area contributed by atoms with E-state index in [1.54, 1.807) is 12.1 Å². The van der Waals surface area contributed by atoms with Crippen molar-refractivity contribution in [3.05, 3.63) is 29.8 Å². The molecule has 1 N–H and O–H groups in total. The molecule has 0 aliphatic rings. The minimum Gasteiger partial charge on any atom is -0.395 e. The number of aryl methyl sites for hydroxylation is 1. The number of aliphatic hydroxyl groups excluding tert-OH is 1. The summed E-state index contributed by atoms with van der Waals surface area (Å²) in [4.78, 5) is 21.5. The first kappa shape index (κ1) is 15.5. The van der Waals surface area contributed by atoms with Gasteiger partial charge >= 0.3 is 0 Å². The van der Waals surface area contributed by atoms with E-state index < -0.39 is 16.4 Å². The van der Waals surface area contributed by atoms with Gasteiger partial charge in [-0.2, -0.15) is 0 Å². The quantitative estimate of drug-likeness (QED) is 0.556. The zero-order valence-electron chi connectivity index (χ0n) is 10.4. The van der Waals surface area contributed by atoms with Crippen LogP contribution in [0.3, 0.4) is 0 Å². The van der Waals surface area contributed by atoms with Crippen LogP contribution in [0, 0.1) is 0 Å². The van der Waals surface area contributed by atoms with Crippen molar-refractivity contribution in [3.8, 4) is 0 Å².